The summed E-state index contributed by atoms with van der Waals surface area (Å²) in [6.45, 7) is 0.841. The molecular weight excluding hydrogens is 592 g/mol. The van der Waals surface area contributed by atoms with Crippen LogP contribution in [0.5, 0.6) is 28.7 Å². The van der Waals surface area contributed by atoms with Crippen LogP contribution in [0.1, 0.15) is 6.92 Å². The van der Waals surface area contributed by atoms with Gasteiger partial charge in [0.1, 0.15) is 65.2 Å². The zero-order chi connectivity index (χ0) is 32.0. The molecule has 240 valence electrons. The van der Waals surface area contributed by atoms with E-state index in [1.165, 1.54) is 26.2 Å². The summed E-state index contributed by atoms with van der Waals surface area (Å²) in [4.78, 5) is 13.7. The van der Waals surface area contributed by atoms with Crippen molar-refractivity contribution in [2.45, 2.75) is 68.3 Å². The molecule has 0 radical (unpaired) electrons. The molecule has 9 N–H and O–H groups in total. The van der Waals surface area contributed by atoms with Gasteiger partial charge in [-0.15, -0.1) is 0 Å². The van der Waals surface area contributed by atoms with Gasteiger partial charge in [0.15, 0.2) is 23.5 Å². The average Bonchev–Trinajstić information content (AvgIpc) is 3.00. The van der Waals surface area contributed by atoms with Crippen LogP contribution in [0.3, 0.4) is 0 Å². The minimum atomic E-state index is -1.95. The lowest BCUT2D eigenvalue weighted by atomic mass is 9.98. The van der Waals surface area contributed by atoms with Crippen molar-refractivity contribution in [3.05, 3.63) is 40.6 Å². The molecule has 44 heavy (non-hydrogen) atoms. The fraction of sp³-hybridized carbons (Fsp3) is 0.464. The van der Waals surface area contributed by atoms with E-state index in [1.807, 2.05) is 0 Å². The number of phenols is 3. The van der Waals surface area contributed by atoms with Crippen LogP contribution >= 0.6 is 0 Å². The Hall–Kier alpha value is -3.71. The van der Waals surface area contributed by atoms with Crippen LogP contribution in [0.4, 0.5) is 0 Å². The Labute approximate surface area is 248 Å². The molecule has 1 aromatic heterocycles. The molecule has 0 spiro atoms. The highest BCUT2D eigenvalue weighted by atomic mass is 16.7. The number of aromatic hydroxyl groups is 3. The number of aliphatic hydroxyl groups excluding tert-OH is 6. The van der Waals surface area contributed by atoms with Crippen molar-refractivity contribution in [2.24, 2.45) is 0 Å². The van der Waals surface area contributed by atoms with E-state index in [4.69, 9.17) is 28.1 Å². The smallest absolute Gasteiger partial charge is 0.239 e. The van der Waals surface area contributed by atoms with Crippen LogP contribution in [0.2, 0.25) is 0 Å². The van der Waals surface area contributed by atoms with Crippen molar-refractivity contribution in [3.63, 3.8) is 0 Å². The van der Waals surface area contributed by atoms with Gasteiger partial charge in [0.25, 0.3) is 0 Å². The number of methoxy groups -OCH3 is 1. The van der Waals surface area contributed by atoms with Crippen molar-refractivity contribution >= 4 is 11.0 Å². The zero-order valence-corrected chi connectivity index (χ0v) is 23.3. The molecule has 0 bridgehead atoms. The zero-order valence-electron chi connectivity index (χ0n) is 23.3. The summed E-state index contributed by atoms with van der Waals surface area (Å²) in [6.07, 6.45) is -16.0. The van der Waals surface area contributed by atoms with Gasteiger partial charge in [0.2, 0.25) is 17.5 Å². The van der Waals surface area contributed by atoms with Gasteiger partial charge in [-0.05, 0) is 25.1 Å². The number of hydrogen-bond acceptors (Lipinski definition) is 16. The number of hydrogen-bond donors (Lipinski definition) is 9. The second kappa shape index (κ2) is 12.4. The molecule has 10 atom stereocenters. The van der Waals surface area contributed by atoms with Crippen LogP contribution in [0.15, 0.2) is 39.5 Å². The summed E-state index contributed by atoms with van der Waals surface area (Å²) in [6, 6.07) is 5.90. The lowest BCUT2D eigenvalue weighted by molar-refractivity contribution is -0.318. The van der Waals surface area contributed by atoms with E-state index in [9.17, 15) is 50.8 Å². The lowest BCUT2D eigenvalue weighted by Gasteiger charge is -2.42. The number of ether oxygens (including phenoxy) is 5. The average molecular weight is 625 g/mol. The van der Waals surface area contributed by atoms with Crippen LogP contribution in [-0.2, 0) is 14.2 Å². The minimum absolute atomic E-state index is 0.0145. The number of aliphatic hydroxyl groups is 6. The quantitative estimate of drug-likeness (QED) is 0.137. The van der Waals surface area contributed by atoms with Crippen molar-refractivity contribution in [1.82, 2.24) is 0 Å². The highest BCUT2D eigenvalue weighted by Crippen LogP contribution is 2.39. The maximum absolute atomic E-state index is 13.7. The summed E-state index contributed by atoms with van der Waals surface area (Å²) in [7, 11) is 1.32. The van der Waals surface area contributed by atoms with Gasteiger partial charge >= 0.3 is 0 Å². The fourth-order valence-corrected chi connectivity index (χ4v) is 4.95. The van der Waals surface area contributed by atoms with Gasteiger partial charge in [-0.1, -0.05) is 0 Å². The molecule has 2 aromatic carbocycles. The largest absolute Gasteiger partial charge is 0.507 e. The van der Waals surface area contributed by atoms with Crippen molar-refractivity contribution in [1.29, 1.82) is 0 Å². The second-order valence-electron chi connectivity index (χ2n) is 10.5. The van der Waals surface area contributed by atoms with Gasteiger partial charge in [0, 0.05) is 17.7 Å². The van der Waals surface area contributed by atoms with Gasteiger partial charge in [-0.3, -0.25) is 4.79 Å². The summed E-state index contributed by atoms with van der Waals surface area (Å²) in [5.41, 5.74) is -1.10. The molecule has 2 fully saturated rings. The molecule has 0 unspecified atom stereocenters. The lowest BCUT2D eigenvalue weighted by Crippen LogP contribution is -2.61. The summed E-state index contributed by atoms with van der Waals surface area (Å²) in [5.74, 6) is -2.44. The predicted octanol–water partition coefficient (Wildman–Crippen LogP) is -1.38. The third-order valence-corrected chi connectivity index (χ3v) is 7.52. The fourth-order valence-electron chi connectivity index (χ4n) is 4.95. The Morgan fingerprint density at radius 1 is 0.773 bits per heavy atom. The molecule has 5 rings (SSSR count). The second-order valence-corrected chi connectivity index (χ2v) is 10.5. The maximum Gasteiger partial charge on any atom is 0.239 e. The molecule has 3 aromatic rings. The van der Waals surface area contributed by atoms with E-state index in [0.717, 1.165) is 18.2 Å². The number of benzene rings is 2. The van der Waals surface area contributed by atoms with Gasteiger partial charge in [0.05, 0.1) is 19.8 Å². The number of fused-ring (bicyclic) bond motifs is 1. The molecule has 2 aliphatic rings. The topological polar surface area (TPSA) is 258 Å². The van der Waals surface area contributed by atoms with E-state index in [-0.39, 0.29) is 28.0 Å². The standard InChI is InChI=1S/C28H32O16/c1-9-18(32)21(35)23(37)27(41-9)40-8-16-19(33)22(36)24(38)28(43-16)44-26-20(34)17-14(31)6-11(39-2)7-15(17)42-25(26)10-3-4-12(29)13(30)5-10/h3-7,9,16,18-19,21-24,27-33,35-38H,8H2,1-2H3/t9-,16-,18+,19+,21+,22+,23-,24-,27-,28+/m1/s1. The molecule has 16 nitrogen and oxygen atoms in total. The maximum atomic E-state index is 13.7. The van der Waals surface area contributed by atoms with Crippen molar-refractivity contribution in [2.75, 3.05) is 13.7 Å². The Kier molecular flexibility index (Phi) is 8.90. The van der Waals surface area contributed by atoms with Crippen LogP contribution in [-0.4, -0.2) is 121 Å². The van der Waals surface area contributed by atoms with Crippen molar-refractivity contribution < 1.29 is 74.1 Å². The molecule has 3 heterocycles. The Bertz CT molecular complexity index is 1560. The normalized spacial score (nSPS) is 32.5. The van der Waals surface area contributed by atoms with Gasteiger partial charge in [-0.25, -0.2) is 0 Å². The molecule has 16 heteroatoms. The Balaban J connectivity index is 1.49. The van der Waals surface area contributed by atoms with E-state index in [0.29, 0.717) is 0 Å². The first-order valence-electron chi connectivity index (χ1n) is 13.4. The molecular formula is C28H32O16. The van der Waals surface area contributed by atoms with Gasteiger partial charge < -0.3 is 74.1 Å². The van der Waals surface area contributed by atoms with Crippen LogP contribution < -0.4 is 14.9 Å². The first-order valence-corrected chi connectivity index (χ1v) is 13.4. The first-order chi connectivity index (χ1) is 20.8. The Morgan fingerprint density at radius 3 is 2.14 bits per heavy atom. The first kappa shape index (κ1) is 31.7. The third kappa shape index (κ3) is 5.74. The van der Waals surface area contributed by atoms with Gasteiger partial charge in [-0.2, -0.15) is 0 Å². The van der Waals surface area contributed by atoms with Crippen LogP contribution in [0.25, 0.3) is 22.3 Å². The molecule has 0 saturated carbocycles. The summed E-state index contributed by atoms with van der Waals surface area (Å²) in [5, 5.41) is 92.1. The third-order valence-electron chi connectivity index (χ3n) is 7.52. The highest BCUT2D eigenvalue weighted by Gasteiger charge is 2.47. The van der Waals surface area contributed by atoms with E-state index < -0.39 is 96.4 Å². The summed E-state index contributed by atoms with van der Waals surface area (Å²) >= 11 is 0. The SMILES string of the molecule is COc1cc(O)c2c(=O)c(O[C@@H]3O[C@H](CO[C@@H]4O[C@H](C)[C@H](O)[C@H](O)[C@H]4O)[C@H](O)[C@H](O)[C@H]3O)c(-c3ccc(O)c(O)c3)oc2c1. The Morgan fingerprint density at radius 2 is 1.45 bits per heavy atom. The molecule has 2 aliphatic heterocycles. The highest BCUT2D eigenvalue weighted by molar-refractivity contribution is 5.88. The van der Waals surface area contributed by atoms with Crippen molar-refractivity contribution in [3.8, 4) is 40.1 Å². The molecule has 0 aliphatic carbocycles. The molecule has 2 saturated heterocycles. The monoisotopic (exact) mass is 624 g/mol. The minimum Gasteiger partial charge on any atom is -0.507 e. The van der Waals surface area contributed by atoms with E-state index >= 15 is 0 Å². The molecule has 0 amide bonds. The number of rotatable bonds is 7. The van der Waals surface area contributed by atoms with Crippen LogP contribution in [0, 0.1) is 0 Å². The summed E-state index contributed by atoms with van der Waals surface area (Å²) < 4.78 is 33.2. The predicted molar refractivity (Wildman–Crippen MR) is 145 cm³/mol. The van der Waals surface area contributed by atoms with E-state index in [1.54, 1.807) is 0 Å². The number of phenolic OH excluding ortho intramolecular Hbond substituents is 3. The van der Waals surface area contributed by atoms with E-state index in [2.05, 4.69) is 0 Å².